The Balaban J connectivity index is 0.00000451. The number of ether oxygens (including phenoxy) is 1. The number of hydrogen-bond donors (Lipinski definition) is 1. The van der Waals surface area contributed by atoms with Crippen molar-refractivity contribution in [1.82, 2.24) is 0 Å². The van der Waals surface area contributed by atoms with Crippen LogP contribution in [0.2, 0.25) is 0 Å². The van der Waals surface area contributed by atoms with E-state index >= 15 is 0 Å². The summed E-state index contributed by atoms with van der Waals surface area (Å²) in [6, 6.07) is 30.7. The van der Waals surface area contributed by atoms with Gasteiger partial charge >= 0.3 is 35.4 Å². The molecule has 0 radical (unpaired) electrons. The van der Waals surface area contributed by atoms with E-state index in [-0.39, 0.29) is 42.6 Å². The van der Waals surface area contributed by atoms with E-state index in [0.717, 1.165) is 22.3 Å². The molecule has 0 saturated heterocycles. The second-order valence-corrected chi connectivity index (χ2v) is 14.1. The maximum Gasteiger partial charge on any atom is 1.00 e. The Hall–Kier alpha value is -3.75. The summed E-state index contributed by atoms with van der Waals surface area (Å²) in [5, 5.41) is 0. The van der Waals surface area contributed by atoms with Crippen molar-refractivity contribution >= 4 is 43.1 Å². The molecule has 0 fully saturated rings. The molecule has 6 rings (SSSR count). The summed E-state index contributed by atoms with van der Waals surface area (Å²) in [5.74, 6) is 0.0314. The quantitative estimate of drug-likeness (QED) is 0.125. The number of aromatic nitrogens is 1. The number of anilines is 1. The maximum atomic E-state index is 11.8. The molecule has 10 nitrogen and oxygen atoms in total. The molecule has 1 aromatic heterocycles. The molecular formula is C35H32N2NaO8S2+. The molecule has 1 aliphatic rings. The molecule has 2 heterocycles. The second-order valence-electron chi connectivity index (χ2n) is 11.0. The van der Waals surface area contributed by atoms with Crippen molar-refractivity contribution in [3.05, 3.63) is 120 Å². The van der Waals surface area contributed by atoms with Crippen LogP contribution in [0.3, 0.4) is 0 Å². The van der Waals surface area contributed by atoms with Gasteiger partial charge in [0.25, 0.3) is 15.6 Å². The molecule has 0 saturated carbocycles. The first-order valence-electron chi connectivity index (χ1n) is 14.9. The van der Waals surface area contributed by atoms with E-state index in [9.17, 15) is 25.9 Å². The molecule has 0 unspecified atom stereocenters. The third-order valence-electron chi connectivity index (χ3n) is 7.84. The number of oxazole rings is 1. The normalized spacial score (nSPS) is 14.2. The van der Waals surface area contributed by atoms with Crippen LogP contribution in [-0.2, 0) is 26.8 Å². The Bertz CT molecular complexity index is 2220. The standard InChI is InChI=1S/C35H32N2O8S2.Na/c1-2-25(21-34-36(17-19-46(38,39)40)30-23-28(13-15-32(30)44-34)26-9-5-3-6-10-26)22-35-37(18-20-47(41,42)43)31-24-29(14-16-33(31)45-35)27-11-7-4-8-12-27;/h3-16,21-24H,2,17-20H2,1H3,(H-,38,39,40,41,42,43);/q;+1. The minimum atomic E-state index is -4.52. The predicted octanol–water partition coefficient (Wildman–Crippen LogP) is 3.03. The Morgan fingerprint density at radius 3 is 2.08 bits per heavy atom. The van der Waals surface area contributed by atoms with E-state index in [4.69, 9.17) is 9.15 Å². The number of rotatable bonds is 11. The summed E-state index contributed by atoms with van der Waals surface area (Å²) in [5.41, 5.74) is 6.25. The Kier molecular flexibility index (Phi) is 11.0. The first-order valence-corrected chi connectivity index (χ1v) is 18.1. The average molecular weight is 696 g/mol. The van der Waals surface area contributed by atoms with Gasteiger partial charge < -0.3 is 18.6 Å². The van der Waals surface area contributed by atoms with Gasteiger partial charge in [0.2, 0.25) is 11.5 Å². The van der Waals surface area contributed by atoms with Gasteiger partial charge in [-0.05, 0) is 52.4 Å². The van der Waals surface area contributed by atoms with Crippen LogP contribution in [0.25, 0.3) is 39.4 Å². The van der Waals surface area contributed by atoms with E-state index in [2.05, 4.69) is 0 Å². The summed E-state index contributed by atoms with van der Waals surface area (Å²) in [7, 11) is -8.80. The van der Waals surface area contributed by atoms with Gasteiger partial charge in [-0.2, -0.15) is 13.0 Å². The van der Waals surface area contributed by atoms with E-state index in [0.29, 0.717) is 46.3 Å². The average Bonchev–Trinajstić information content (AvgIpc) is 3.58. The molecule has 0 atom stereocenters. The molecule has 4 aromatic carbocycles. The van der Waals surface area contributed by atoms with Gasteiger partial charge in [-0.3, -0.25) is 4.55 Å². The van der Waals surface area contributed by atoms with Crippen molar-refractivity contribution in [2.24, 2.45) is 0 Å². The molecule has 1 N–H and O–H groups in total. The van der Waals surface area contributed by atoms with Gasteiger partial charge in [-0.25, -0.2) is 8.42 Å². The largest absolute Gasteiger partial charge is 1.00 e. The van der Waals surface area contributed by atoms with Crippen LogP contribution in [0.1, 0.15) is 19.2 Å². The number of aryl methyl sites for hydroxylation is 1. The molecule has 1 aliphatic heterocycles. The molecule has 242 valence electrons. The molecule has 13 heteroatoms. The van der Waals surface area contributed by atoms with Gasteiger partial charge in [0, 0.05) is 18.7 Å². The Morgan fingerprint density at radius 2 is 1.48 bits per heavy atom. The van der Waals surface area contributed by atoms with Gasteiger partial charge in [0.1, 0.15) is 5.75 Å². The van der Waals surface area contributed by atoms with Gasteiger partial charge in [0.15, 0.2) is 12.3 Å². The molecule has 5 aromatic rings. The van der Waals surface area contributed by atoms with E-state index in [1.54, 1.807) is 27.7 Å². The number of allylic oxidation sites excluding steroid dienone is 2. The fraction of sp³-hybridized carbons (Fsp3) is 0.171. The van der Waals surface area contributed by atoms with Crippen molar-refractivity contribution in [2.45, 2.75) is 19.9 Å². The predicted molar refractivity (Wildman–Crippen MR) is 179 cm³/mol. The van der Waals surface area contributed by atoms with E-state index in [1.807, 2.05) is 97.9 Å². The summed E-state index contributed by atoms with van der Waals surface area (Å²) < 4.78 is 82.1. The van der Waals surface area contributed by atoms with Crippen LogP contribution >= 0.6 is 0 Å². The molecule has 0 aliphatic carbocycles. The second kappa shape index (κ2) is 14.8. The molecular weight excluding hydrogens is 664 g/mol. The zero-order valence-corrected chi connectivity index (χ0v) is 30.1. The third kappa shape index (κ3) is 8.45. The van der Waals surface area contributed by atoms with Gasteiger partial charge in [-0.1, -0.05) is 79.7 Å². The maximum absolute atomic E-state index is 11.8. The van der Waals surface area contributed by atoms with Crippen LogP contribution < -0.4 is 43.8 Å². The molecule has 0 amide bonds. The smallest absolute Gasteiger partial charge is 0.748 e. The molecule has 0 bridgehead atoms. The Morgan fingerprint density at radius 1 is 0.854 bits per heavy atom. The van der Waals surface area contributed by atoms with Crippen LogP contribution in [0.15, 0.2) is 119 Å². The van der Waals surface area contributed by atoms with Crippen molar-refractivity contribution in [3.8, 4) is 28.0 Å². The fourth-order valence-electron chi connectivity index (χ4n) is 5.47. The van der Waals surface area contributed by atoms with E-state index < -0.39 is 31.7 Å². The number of nitrogens with zero attached hydrogens (tertiary/aromatic N) is 2. The number of fused-ring (bicyclic) bond motifs is 2. The van der Waals surface area contributed by atoms with Gasteiger partial charge in [-0.15, -0.1) is 0 Å². The molecule has 0 spiro atoms. The topological polar surface area (TPSA) is 141 Å². The zero-order valence-electron chi connectivity index (χ0n) is 26.4. The van der Waals surface area contributed by atoms with Crippen molar-refractivity contribution in [2.75, 3.05) is 23.0 Å². The summed E-state index contributed by atoms with van der Waals surface area (Å²) in [4.78, 5) is 1.66. The van der Waals surface area contributed by atoms with E-state index in [1.165, 1.54) is 0 Å². The zero-order chi connectivity index (χ0) is 33.2. The molecule has 48 heavy (non-hydrogen) atoms. The summed E-state index contributed by atoms with van der Waals surface area (Å²) in [6.07, 6.45) is 4.00. The van der Waals surface area contributed by atoms with Crippen molar-refractivity contribution in [3.63, 3.8) is 0 Å². The fourth-order valence-corrected chi connectivity index (χ4v) is 6.29. The number of hydrogen-bond acceptors (Lipinski definition) is 8. The number of benzene rings is 4. The summed E-state index contributed by atoms with van der Waals surface area (Å²) in [6.45, 7) is 1.73. The SMILES string of the molecule is CCC(=Cc1oc2ccc(-c3ccccc3)cc2[n+]1CCS(=O)(=O)O)C=C1Oc2ccc(-c3ccccc3)cc2N1CCS(=O)(=O)[O-].[Na+]. The minimum Gasteiger partial charge on any atom is -0.748 e. The van der Waals surface area contributed by atoms with Crippen molar-refractivity contribution in [1.29, 1.82) is 0 Å². The van der Waals surface area contributed by atoms with Crippen LogP contribution in [0.5, 0.6) is 5.75 Å². The first kappa shape index (κ1) is 35.6. The van der Waals surface area contributed by atoms with Crippen LogP contribution in [-0.4, -0.2) is 44.0 Å². The van der Waals surface area contributed by atoms with Crippen LogP contribution in [0.4, 0.5) is 5.69 Å². The van der Waals surface area contributed by atoms with Crippen molar-refractivity contribution < 1.29 is 69.2 Å². The first-order chi connectivity index (χ1) is 22.5. The van der Waals surface area contributed by atoms with Crippen LogP contribution in [0, 0.1) is 0 Å². The van der Waals surface area contributed by atoms with Gasteiger partial charge in [0.05, 0.1) is 27.6 Å². The minimum absolute atomic E-state index is 0. The summed E-state index contributed by atoms with van der Waals surface area (Å²) >= 11 is 0. The Labute approximate surface area is 301 Å². The monoisotopic (exact) mass is 695 g/mol. The third-order valence-corrected chi connectivity index (χ3v) is 9.22.